The Balaban J connectivity index is 0.00000341. The number of benzene rings is 2. The number of nitriles is 1. The molecule has 0 unspecified atom stereocenters. The number of carbonyl (C=O) groups is 1. The molecule has 0 bridgehead atoms. The number of carboxylic acids is 1. The molecule has 7 heteroatoms. The van der Waals surface area contributed by atoms with Crippen LogP contribution in [-0.4, -0.2) is 32.2 Å². The number of nitrogens with zero attached hydrogens (tertiary/aromatic N) is 3. The van der Waals surface area contributed by atoms with Crippen molar-refractivity contribution in [3.63, 3.8) is 0 Å². The Morgan fingerprint density at radius 2 is 1.77 bits per heavy atom. The van der Waals surface area contributed by atoms with Gasteiger partial charge in [0.2, 0.25) is 11.0 Å². The number of aliphatic carboxylic acids is 1. The van der Waals surface area contributed by atoms with E-state index in [1.807, 2.05) is 39.3 Å². The second kappa shape index (κ2) is 10.9. The molecule has 3 aromatic rings. The fraction of sp³-hybridized carbons (Fsp3) is 0.375. The van der Waals surface area contributed by atoms with E-state index in [2.05, 4.69) is 39.1 Å². The average molecular weight is 441 g/mol. The fourth-order valence-electron chi connectivity index (χ4n) is 3.92. The summed E-state index contributed by atoms with van der Waals surface area (Å²) in [6, 6.07) is 14.9. The quantitative estimate of drug-likeness (QED) is 0.289. The number of hydrogen-bond acceptors (Lipinski definition) is 4. The van der Waals surface area contributed by atoms with Gasteiger partial charge in [0.1, 0.15) is 12.6 Å². The van der Waals surface area contributed by atoms with Gasteiger partial charge in [0.15, 0.2) is 0 Å². The summed E-state index contributed by atoms with van der Waals surface area (Å²) in [4.78, 5) is 12.9. The third kappa shape index (κ3) is 5.43. The van der Waals surface area contributed by atoms with Crippen molar-refractivity contribution in [3.8, 4) is 6.07 Å². The first-order valence-corrected chi connectivity index (χ1v) is 10.3. The second-order valence-electron chi connectivity index (χ2n) is 7.82. The van der Waals surface area contributed by atoms with Crippen molar-refractivity contribution in [3.05, 3.63) is 47.5 Å². The second-order valence-corrected chi connectivity index (χ2v) is 7.82. The molecule has 0 aliphatic heterocycles. The SMILES string of the molecule is CNCc1ccc2c(C#N)c3ccc(N(C)C)cc3[n+](CCCCCC(=O)O)c2c1.[Cl-]. The zero-order valence-corrected chi connectivity index (χ0v) is 19.0. The van der Waals surface area contributed by atoms with E-state index in [4.69, 9.17) is 5.11 Å². The number of pyridine rings is 1. The fourth-order valence-corrected chi connectivity index (χ4v) is 3.92. The van der Waals surface area contributed by atoms with Gasteiger partial charge in [-0.1, -0.05) is 6.07 Å². The van der Waals surface area contributed by atoms with Crippen molar-refractivity contribution in [1.82, 2.24) is 5.32 Å². The van der Waals surface area contributed by atoms with Gasteiger partial charge in [-0.05, 0) is 43.7 Å². The normalized spacial score (nSPS) is 10.6. The minimum atomic E-state index is -0.746. The number of anilines is 1. The van der Waals surface area contributed by atoms with Crippen LogP contribution in [0.5, 0.6) is 0 Å². The summed E-state index contributed by atoms with van der Waals surface area (Å²) in [6.45, 7) is 1.53. The van der Waals surface area contributed by atoms with Crippen molar-refractivity contribution in [2.45, 2.75) is 38.8 Å². The molecule has 0 fully saturated rings. The third-order valence-electron chi connectivity index (χ3n) is 5.45. The van der Waals surface area contributed by atoms with Crippen LogP contribution in [0.4, 0.5) is 5.69 Å². The molecular weight excluding hydrogens is 412 g/mol. The number of nitrogens with one attached hydrogen (secondary N) is 1. The smallest absolute Gasteiger partial charge is 0.303 e. The lowest BCUT2D eigenvalue weighted by Crippen LogP contribution is -3.00. The molecule has 0 saturated heterocycles. The van der Waals surface area contributed by atoms with Crippen LogP contribution in [0.2, 0.25) is 0 Å². The molecule has 164 valence electrons. The molecule has 0 saturated carbocycles. The molecule has 0 amide bonds. The predicted molar refractivity (Wildman–Crippen MR) is 120 cm³/mol. The van der Waals surface area contributed by atoms with Gasteiger partial charge >= 0.3 is 5.97 Å². The summed E-state index contributed by atoms with van der Waals surface area (Å²) in [5, 5.41) is 23.9. The predicted octanol–water partition coefficient (Wildman–Crippen LogP) is 0.587. The van der Waals surface area contributed by atoms with Gasteiger partial charge in [-0.2, -0.15) is 9.83 Å². The number of unbranched alkanes of at least 4 members (excludes halogenated alkanes) is 2. The first-order valence-electron chi connectivity index (χ1n) is 10.3. The van der Waals surface area contributed by atoms with Crippen LogP contribution in [0.15, 0.2) is 36.4 Å². The zero-order valence-electron chi connectivity index (χ0n) is 18.3. The zero-order chi connectivity index (χ0) is 21.7. The molecule has 2 aromatic carbocycles. The Morgan fingerprint density at radius 3 is 2.39 bits per heavy atom. The summed E-state index contributed by atoms with van der Waals surface area (Å²) in [7, 11) is 5.94. The van der Waals surface area contributed by atoms with Crippen molar-refractivity contribution in [1.29, 1.82) is 5.26 Å². The van der Waals surface area contributed by atoms with Crippen molar-refractivity contribution >= 4 is 33.5 Å². The number of halogens is 1. The minimum absolute atomic E-state index is 0. The van der Waals surface area contributed by atoms with E-state index >= 15 is 0 Å². The monoisotopic (exact) mass is 440 g/mol. The number of rotatable bonds is 9. The summed E-state index contributed by atoms with van der Waals surface area (Å²) >= 11 is 0. The number of carboxylic acid groups (broad SMARTS) is 1. The van der Waals surface area contributed by atoms with Crippen LogP contribution in [0.25, 0.3) is 21.8 Å². The summed E-state index contributed by atoms with van der Waals surface area (Å²) in [5.41, 5.74) is 5.02. The molecule has 31 heavy (non-hydrogen) atoms. The maximum Gasteiger partial charge on any atom is 0.303 e. The molecule has 0 aliphatic rings. The molecule has 0 radical (unpaired) electrons. The first kappa shape index (κ1) is 24.4. The molecule has 2 N–H and O–H groups in total. The van der Waals surface area contributed by atoms with Crippen molar-refractivity contribution < 1.29 is 26.9 Å². The Bertz CT molecular complexity index is 1120. The molecule has 1 heterocycles. The topological polar surface area (TPSA) is 80.2 Å². The first-order chi connectivity index (χ1) is 14.5. The van der Waals surface area contributed by atoms with Crippen molar-refractivity contribution in [2.75, 3.05) is 26.0 Å². The molecule has 0 spiro atoms. The van der Waals surface area contributed by atoms with Crippen LogP contribution in [-0.2, 0) is 17.9 Å². The Kier molecular flexibility index (Phi) is 8.61. The van der Waals surface area contributed by atoms with Gasteiger partial charge < -0.3 is 27.7 Å². The lowest BCUT2D eigenvalue weighted by atomic mass is 10.00. The molecule has 1 aromatic heterocycles. The van der Waals surface area contributed by atoms with Gasteiger partial charge in [0, 0.05) is 51.3 Å². The van der Waals surface area contributed by atoms with Crippen LogP contribution in [0.1, 0.15) is 36.8 Å². The number of hydrogen-bond donors (Lipinski definition) is 2. The van der Waals surface area contributed by atoms with E-state index in [1.165, 1.54) is 0 Å². The minimum Gasteiger partial charge on any atom is -1.00 e. The maximum absolute atomic E-state index is 10.8. The van der Waals surface area contributed by atoms with E-state index in [0.29, 0.717) is 12.0 Å². The summed E-state index contributed by atoms with van der Waals surface area (Å²) in [5.74, 6) is -0.746. The Labute approximate surface area is 189 Å². The Morgan fingerprint density at radius 1 is 1.10 bits per heavy atom. The molecule has 3 rings (SSSR count). The number of aryl methyl sites for hydroxylation is 1. The van der Waals surface area contributed by atoms with E-state index in [9.17, 15) is 10.1 Å². The highest BCUT2D eigenvalue weighted by Gasteiger charge is 2.21. The van der Waals surface area contributed by atoms with Gasteiger partial charge in [-0.3, -0.25) is 4.79 Å². The van der Waals surface area contributed by atoms with Crippen molar-refractivity contribution in [2.24, 2.45) is 0 Å². The molecule has 0 atom stereocenters. The van der Waals surface area contributed by atoms with E-state index < -0.39 is 5.97 Å². The maximum atomic E-state index is 10.8. The highest BCUT2D eigenvalue weighted by Crippen LogP contribution is 2.28. The van der Waals surface area contributed by atoms with E-state index in [-0.39, 0.29) is 18.8 Å². The number of aromatic nitrogens is 1. The summed E-state index contributed by atoms with van der Waals surface area (Å²) < 4.78 is 2.29. The molecule has 0 aliphatic carbocycles. The van der Waals surface area contributed by atoms with Crippen LogP contribution in [0.3, 0.4) is 0 Å². The standard InChI is InChI=1S/C24H28N4O2.ClH/c1-26-16-17-8-10-19-21(15-25)20-11-9-18(27(2)3)14-23(20)28(22(19)13-17)12-6-4-5-7-24(29)30;/h8-11,13-14,26H,4-7,12,16H2,1-3H3;1H. The summed E-state index contributed by atoms with van der Waals surface area (Å²) in [6.07, 6.45) is 2.62. The largest absolute Gasteiger partial charge is 1.00 e. The van der Waals surface area contributed by atoms with Gasteiger partial charge in [-0.25, -0.2) is 0 Å². The van der Waals surface area contributed by atoms with Gasteiger partial charge in [-0.15, -0.1) is 0 Å². The van der Waals surface area contributed by atoms with E-state index in [1.54, 1.807) is 0 Å². The average Bonchev–Trinajstić information content (AvgIpc) is 2.72. The van der Waals surface area contributed by atoms with Gasteiger partial charge in [0.05, 0.1) is 16.3 Å². The number of fused-ring (bicyclic) bond motifs is 2. The third-order valence-corrected chi connectivity index (χ3v) is 5.45. The van der Waals surface area contributed by atoms with Gasteiger partial charge in [0.25, 0.3) is 0 Å². The van der Waals surface area contributed by atoms with Crippen LogP contribution < -0.4 is 27.2 Å². The molecule has 6 nitrogen and oxygen atoms in total. The van der Waals surface area contributed by atoms with Crippen LogP contribution in [0, 0.1) is 11.3 Å². The lowest BCUT2D eigenvalue weighted by Gasteiger charge is -2.14. The molecular formula is C24H29ClN4O2. The highest BCUT2D eigenvalue weighted by atomic mass is 35.5. The lowest BCUT2D eigenvalue weighted by molar-refractivity contribution is -0.645. The van der Waals surface area contributed by atoms with Crippen LogP contribution >= 0.6 is 0 Å². The highest BCUT2D eigenvalue weighted by molar-refractivity contribution is 5.97. The Hall–Kier alpha value is -2.88. The van der Waals surface area contributed by atoms with E-state index in [0.717, 1.165) is 59.0 Å².